The monoisotopic (exact) mass is 549 g/mol. The standard InChI is InChI=1S/C28H39NO10/c1-5-37-28-19(10-12-35-14-15-36-13-11-30)21(22-18-38-23-9-7-6-8-20(23)26(22)31)16-24(39-28)27(32)29(2)17-25(33-3)34-4/h6-9,16,18-19,21,25,28,30H,5,10-15,17H2,1-4H3. The quantitative estimate of drug-likeness (QED) is 0.246. The van der Waals surface area contributed by atoms with Crippen LogP contribution >= 0.6 is 0 Å². The summed E-state index contributed by atoms with van der Waals surface area (Å²) in [6.07, 6.45) is 2.18. The van der Waals surface area contributed by atoms with E-state index in [1.807, 2.05) is 6.92 Å². The lowest BCUT2D eigenvalue weighted by molar-refractivity contribution is -0.174. The van der Waals surface area contributed by atoms with Crippen molar-refractivity contribution in [1.82, 2.24) is 4.90 Å². The minimum absolute atomic E-state index is 0.0500. The molecule has 0 saturated carbocycles. The molecule has 2 heterocycles. The number of hydrogen-bond donors (Lipinski definition) is 1. The van der Waals surface area contributed by atoms with Gasteiger partial charge in [-0.05, 0) is 31.6 Å². The maximum atomic E-state index is 13.6. The van der Waals surface area contributed by atoms with Gasteiger partial charge in [-0.25, -0.2) is 0 Å². The molecule has 1 aliphatic heterocycles. The number of rotatable bonds is 16. The van der Waals surface area contributed by atoms with E-state index in [-0.39, 0.29) is 36.9 Å². The van der Waals surface area contributed by atoms with E-state index in [0.717, 1.165) is 0 Å². The molecular formula is C28H39NO10. The number of carbonyl (C=O) groups excluding carboxylic acids is 1. The van der Waals surface area contributed by atoms with Gasteiger partial charge in [0.1, 0.15) is 5.58 Å². The van der Waals surface area contributed by atoms with Gasteiger partial charge in [0, 0.05) is 51.9 Å². The summed E-state index contributed by atoms with van der Waals surface area (Å²) < 4.78 is 39.3. The van der Waals surface area contributed by atoms with E-state index >= 15 is 0 Å². The van der Waals surface area contributed by atoms with E-state index in [1.165, 1.54) is 25.4 Å². The lowest BCUT2D eigenvalue weighted by Crippen LogP contribution is -2.42. The molecule has 3 rings (SSSR count). The molecule has 1 aromatic heterocycles. The van der Waals surface area contributed by atoms with Gasteiger partial charge in [0.25, 0.3) is 5.91 Å². The molecule has 3 unspecified atom stereocenters. The van der Waals surface area contributed by atoms with Gasteiger partial charge >= 0.3 is 0 Å². The van der Waals surface area contributed by atoms with Crippen LogP contribution in [0.1, 0.15) is 24.8 Å². The van der Waals surface area contributed by atoms with Gasteiger partial charge in [-0.3, -0.25) is 9.59 Å². The topological polar surface area (TPSA) is 126 Å². The molecule has 11 heteroatoms. The highest BCUT2D eigenvalue weighted by Crippen LogP contribution is 2.38. The molecule has 1 aromatic carbocycles. The molecule has 0 aliphatic carbocycles. The zero-order chi connectivity index (χ0) is 28.2. The molecule has 11 nitrogen and oxygen atoms in total. The molecule has 0 spiro atoms. The summed E-state index contributed by atoms with van der Waals surface area (Å²) in [5, 5.41) is 9.29. The Labute approximate surface area is 228 Å². The highest BCUT2D eigenvalue weighted by molar-refractivity contribution is 5.91. The van der Waals surface area contributed by atoms with Gasteiger partial charge in [0.05, 0.1) is 44.6 Å². The van der Waals surface area contributed by atoms with Crippen LogP contribution in [0.5, 0.6) is 0 Å². The number of nitrogens with zero attached hydrogens (tertiary/aromatic N) is 1. The molecule has 1 aliphatic rings. The fraction of sp³-hybridized carbons (Fsp3) is 0.571. The number of para-hydroxylation sites is 1. The van der Waals surface area contributed by atoms with Crippen LogP contribution in [0.4, 0.5) is 0 Å². The number of allylic oxidation sites excluding steroid dienone is 1. The molecule has 0 fully saturated rings. The predicted molar refractivity (Wildman–Crippen MR) is 142 cm³/mol. The number of aliphatic hydroxyl groups excluding tert-OH is 1. The Balaban J connectivity index is 1.93. The Morgan fingerprint density at radius 2 is 1.82 bits per heavy atom. The minimum Gasteiger partial charge on any atom is -0.464 e. The Hall–Kier alpha value is -2.80. The molecule has 0 saturated heterocycles. The number of hydrogen-bond acceptors (Lipinski definition) is 10. The van der Waals surface area contributed by atoms with Gasteiger partial charge < -0.3 is 42.8 Å². The van der Waals surface area contributed by atoms with Crippen molar-refractivity contribution in [2.75, 3.05) is 67.5 Å². The first-order chi connectivity index (χ1) is 18.9. The average Bonchev–Trinajstić information content (AvgIpc) is 2.95. The second-order valence-corrected chi connectivity index (χ2v) is 9.00. The summed E-state index contributed by atoms with van der Waals surface area (Å²) in [5.41, 5.74) is 0.697. The average molecular weight is 550 g/mol. The maximum absolute atomic E-state index is 13.6. The summed E-state index contributed by atoms with van der Waals surface area (Å²) in [4.78, 5) is 28.4. The first kappa shape index (κ1) is 30.7. The molecule has 39 heavy (non-hydrogen) atoms. The summed E-state index contributed by atoms with van der Waals surface area (Å²) >= 11 is 0. The molecule has 1 amide bonds. The minimum atomic E-state index is -0.807. The van der Waals surface area contributed by atoms with Gasteiger partial charge in [-0.1, -0.05) is 12.1 Å². The number of amides is 1. The molecule has 216 valence electrons. The second-order valence-electron chi connectivity index (χ2n) is 9.00. The highest BCUT2D eigenvalue weighted by Gasteiger charge is 2.40. The van der Waals surface area contributed by atoms with Crippen molar-refractivity contribution in [3.8, 4) is 0 Å². The highest BCUT2D eigenvalue weighted by atomic mass is 16.7. The third-order valence-corrected chi connectivity index (χ3v) is 6.49. The van der Waals surface area contributed by atoms with Crippen LogP contribution < -0.4 is 5.43 Å². The molecule has 0 bridgehead atoms. The number of carbonyl (C=O) groups is 1. The van der Waals surface area contributed by atoms with Gasteiger partial charge in [0.15, 0.2) is 17.5 Å². The third-order valence-electron chi connectivity index (χ3n) is 6.49. The number of likely N-dealkylation sites (N-methyl/N-ethyl adjacent to an activating group) is 1. The maximum Gasteiger partial charge on any atom is 0.288 e. The van der Waals surface area contributed by atoms with Crippen LogP contribution in [0.15, 0.2) is 51.6 Å². The molecule has 0 radical (unpaired) electrons. The fourth-order valence-corrected chi connectivity index (χ4v) is 4.46. The molecule has 3 atom stereocenters. The summed E-state index contributed by atoms with van der Waals surface area (Å²) in [7, 11) is 4.61. The summed E-state index contributed by atoms with van der Waals surface area (Å²) in [6, 6.07) is 7.03. The fourth-order valence-electron chi connectivity index (χ4n) is 4.46. The Bertz CT molecular complexity index is 1130. The number of benzene rings is 1. The van der Waals surface area contributed by atoms with E-state index in [2.05, 4.69) is 0 Å². The van der Waals surface area contributed by atoms with Crippen LogP contribution in [0.2, 0.25) is 0 Å². The van der Waals surface area contributed by atoms with Crippen molar-refractivity contribution in [3.63, 3.8) is 0 Å². The zero-order valence-electron chi connectivity index (χ0n) is 23.0. The van der Waals surface area contributed by atoms with Crippen molar-refractivity contribution in [2.24, 2.45) is 5.92 Å². The van der Waals surface area contributed by atoms with Crippen molar-refractivity contribution in [2.45, 2.75) is 31.8 Å². The zero-order valence-corrected chi connectivity index (χ0v) is 23.0. The molecule has 2 aromatic rings. The number of aliphatic hydroxyl groups is 1. The smallest absolute Gasteiger partial charge is 0.288 e. The van der Waals surface area contributed by atoms with Crippen LogP contribution in [-0.4, -0.2) is 95.9 Å². The van der Waals surface area contributed by atoms with Gasteiger partial charge in [-0.15, -0.1) is 0 Å². The predicted octanol–water partition coefficient (Wildman–Crippen LogP) is 2.26. The van der Waals surface area contributed by atoms with Crippen LogP contribution in [-0.2, 0) is 33.2 Å². The number of ether oxygens (including phenoxy) is 6. The number of methoxy groups -OCH3 is 2. The van der Waals surface area contributed by atoms with E-state index in [4.69, 9.17) is 37.9 Å². The van der Waals surface area contributed by atoms with Crippen molar-refractivity contribution < 1.29 is 42.7 Å². The Morgan fingerprint density at radius 1 is 1.10 bits per heavy atom. The van der Waals surface area contributed by atoms with Gasteiger partial charge in [0.2, 0.25) is 6.29 Å². The van der Waals surface area contributed by atoms with Crippen molar-refractivity contribution in [1.29, 1.82) is 0 Å². The third kappa shape index (κ3) is 8.10. The molecular weight excluding hydrogens is 510 g/mol. The largest absolute Gasteiger partial charge is 0.464 e. The van der Waals surface area contributed by atoms with Crippen LogP contribution in [0.25, 0.3) is 11.0 Å². The van der Waals surface area contributed by atoms with Crippen LogP contribution in [0, 0.1) is 5.92 Å². The number of fused-ring (bicyclic) bond motifs is 1. The van der Waals surface area contributed by atoms with Crippen molar-refractivity contribution >= 4 is 16.9 Å². The second kappa shape index (κ2) is 15.7. The lowest BCUT2D eigenvalue weighted by Gasteiger charge is -2.37. The Morgan fingerprint density at radius 3 is 2.51 bits per heavy atom. The van der Waals surface area contributed by atoms with E-state index in [1.54, 1.807) is 37.4 Å². The van der Waals surface area contributed by atoms with Crippen molar-refractivity contribution in [3.05, 3.63) is 58.2 Å². The first-order valence-electron chi connectivity index (χ1n) is 13.0. The SMILES string of the molecule is CCOC1OC(C(=O)N(C)CC(OC)OC)=CC(c2coc3ccccc3c2=O)C1CCOCCOCCO. The summed E-state index contributed by atoms with van der Waals surface area (Å²) in [5.74, 6) is -1.22. The van der Waals surface area contributed by atoms with E-state index < -0.39 is 24.4 Å². The lowest BCUT2D eigenvalue weighted by atomic mass is 9.81. The summed E-state index contributed by atoms with van der Waals surface area (Å²) in [6.45, 7) is 3.58. The van der Waals surface area contributed by atoms with E-state index in [9.17, 15) is 9.59 Å². The normalized spacial score (nSPS) is 19.2. The molecule has 1 N–H and O–H groups in total. The van der Waals surface area contributed by atoms with Crippen LogP contribution in [0.3, 0.4) is 0 Å². The van der Waals surface area contributed by atoms with Gasteiger partial charge in [-0.2, -0.15) is 0 Å². The Kier molecular flexibility index (Phi) is 12.4. The first-order valence-corrected chi connectivity index (χ1v) is 13.0. The van der Waals surface area contributed by atoms with E-state index in [0.29, 0.717) is 49.4 Å².